The first-order valence-electron chi connectivity index (χ1n) is 10.8. The highest BCUT2D eigenvalue weighted by atomic mass is 32.2. The molecular weight excluding hydrogens is 408 g/mol. The highest BCUT2D eigenvalue weighted by Crippen LogP contribution is 2.40. The summed E-state index contributed by atoms with van der Waals surface area (Å²) in [5.74, 6) is 2.19. The van der Waals surface area contributed by atoms with Crippen molar-refractivity contribution in [2.24, 2.45) is 0 Å². The van der Waals surface area contributed by atoms with Crippen LogP contribution >= 0.6 is 11.8 Å². The maximum absolute atomic E-state index is 12.6. The number of hydrogen-bond donors (Lipinski definition) is 1. The van der Waals surface area contributed by atoms with E-state index in [0.29, 0.717) is 18.1 Å². The van der Waals surface area contributed by atoms with Gasteiger partial charge >= 0.3 is 0 Å². The molecule has 31 heavy (non-hydrogen) atoms. The van der Waals surface area contributed by atoms with Crippen molar-refractivity contribution in [1.82, 2.24) is 20.0 Å². The number of hydrogen-bond acceptors (Lipinski definition) is 6. The Labute approximate surface area is 186 Å². The number of aryl methyl sites for hydroxylation is 1. The van der Waals surface area contributed by atoms with Crippen LogP contribution in [0.4, 0.5) is 11.6 Å². The molecule has 0 saturated carbocycles. The number of nitrogens with one attached hydrogen (secondary N) is 1. The second-order valence-corrected chi connectivity index (χ2v) is 9.01. The number of amides is 1. The Morgan fingerprint density at radius 3 is 2.39 bits per heavy atom. The molecule has 0 unspecified atom stereocenters. The molecule has 0 spiro atoms. The van der Waals surface area contributed by atoms with Crippen molar-refractivity contribution in [3.05, 3.63) is 53.2 Å². The maximum atomic E-state index is 12.6. The number of piperidine rings is 1. The van der Waals surface area contributed by atoms with Gasteiger partial charge in [0, 0.05) is 35.9 Å². The SMILES string of the molecule is CSc1ccc([C@H]2CC(=O)Nc3c2c(C)nn3-c2ccc(N3CCCCC3)nn2)cc1. The van der Waals surface area contributed by atoms with E-state index in [2.05, 4.69) is 50.9 Å². The summed E-state index contributed by atoms with van der Waals surface area (Å²) < 4.78 is 1.72. The second-order valence-electron chi connectivity index (χ2n) is 8.13. The zero-order valence-electron chi connectivity index (χ0n) is 17.8. The number of aromatic nitrogens is 4. The van der Waals surface area contributed by atoms with Crippen LogP contribution in [-0.2, 0) is 4.79 Å². The minimum absolute atomic E-state index is 0.00881. The molecule has 3 aromatic rings. The van der Waals surface area contributed by atoms with Gasteiger partial charge in [-0.25, -0.2) is 0 Å². The van der Waals surface area contributed by atoms with E-state index in [1.807, 2.05) is 19.1 Å². The molecule has 160 valence electrons. The van der Waals surface area contributed by atoms with Gasteiger partial charge in [0.1, 0.15) is 5.82 Å². The van der Waals surface area contributed by atoms with Crippen LogP contribution in [0.15, 0.2) is 41.3 Å². The number of benzene rings is 1. The molecular formula is C23H26N6OS. The average Bonchev–Trinajstić information content (AvgIpc) is 3.15. The van der Waals surface area contributed by atoms with Gasteiger partial charge in [-0.15, -0.1) is 22.0 Å². The lowest BCUT2D eigenvalue weighted by atomic mass is 9.86. The zero-order valence-corrected chi connectivity index (χ0v) is 18.7. The summed E-state index contributed by atoms with van der Waals surface area (Å²) in [5.41, 5.74) is 3.08. The predicted molar refractivity (Wildman–Crippen MR) is 123 cm³/mol. The lowest BCUT2D eigenvalue weighted by molar-refractivity contribution is -0.116. The molecule has 2 aliphatic heterocycles. The molecule has 7 nitrogen and oxygen atoms in total. The first-order valence-corrected chi connectivity index (χ1v) is 12.0. The Hall–Kier alpha value is -2.87. The van der Waals surface area contributed by atoms with Gasteiger partial charge in [-0.2, -0.15) is 9.78 Å². The number of fused-ring (bicyclic) bond motifs is 1. The fraction of sp³-hybridized carbons (Fsp3) is 0.391. The molecule has 5 rings (SSSR count). The number of carbonyl (C=O) groups is 1. The van der Waals surface area contributed by atoms with E-state index in [4.69, 9.17) is 5.10 Å². The van der Waals surface area contributed by atoms with Crippen molar-refractivity contribution in [1.29, 1.82) is 0 Å². The van der Waals surface area contributed by atoms with E-state index < -0.39 is 0 Å². The van der Waals surface area contributed by atoms with Gasteiger partial charge in [0.05, 0.1) is 5.69 Å². The predicted octanol–water partition coefficient (Wildman–Crippen LogP) is 4.16. The number of anilines is 2. The van der Waals surface area contributed by atoms with E-state index >= 15 is 0 Å². The Morgan fingerprint density at radius 1 is 1.00 bits per heavy atom. The third-order valence-electron chi connectivity index (χ3n) is 6.15. The smallest absolute Gasteiger partial charge is 0.226 e. The van der Waals surface area contributed by atoms with Crippen molar-refractivity contribution in [3.63, 3.8) is 0 Å². The molecule has 2 aliphatic rings. The van der Waals surface area contributed by atoms with Crippen LogP contribution in [0.5, 0.6) is 0 Å². The highest BCUT2D eigenvalue weighted by Gasteiger charge is 2.33. The molecule has 1 fully saturated rings. The van der Waals surface area contributed by atoms with Gasteiger partial charge in [-0.3, -0.25) is 4.79 Å². The standard InChI is InChI=1S/C23H26N6OS/c1-15-22-18(16-6-8-17(31-2)9-7-16)14-21(30)24-23(22)29(27-15)20-11-10-19(25-26-20)28-12-4-3-5-13-28/h6-11,18H,3-5,12-14H2,1-2H3,(H,24,30)/t18-/m1/s1. The molecule has 4 heterocycles. The molecule has 2 aromatic heterocycles. The van der Waals surface area contributed by atoms with E-state index in [1.165, 1.54) is 24.2 Å². The molecule has 1 N–H and O–H groups in total. The summed E-state index contributed by atoms with van der Waals surface area (Å²) in [7, 11) is 0. The third-order valence-corrected chi connectivity index (χ3v) is 6.90. The van der Waals surface area contributed by atoms with E-state index in [1.54, 1.807) is 16.4 Å². The normalized spacial score (nSPS) is 18.6. The van der Waals surface area contributed by atoms with Gasteiger partial charge < -0.3 is 10.2 Å². The first kappa shape index (κ1) is 20.1. The van der Waals surface area contributed by atoms with Crippen LogP contribution in [-0.4, -0.2) is 45.2 Å². The summed E-state index contributed by atoms with van der Waals surface area (Å²) in [4.78, 5) is 16.1. The summed E-state index contributed by atoms with van der Waals surface area (Å²) in [6.07, 6.45) is 6.15. The summed E-state index contributed by atoms with van der Waals surface area (Å²) >= 11 is 1.71. The molecule has 1 amide bonds. The molecule has 0 aliphatic carbocycles. The van der Waals surface area contributed by atoms with E-state index in [9.17, 15) is 4.79 Å². The van der Waals surface area contributed by atoms with E-state index in [0.717, 1.165) is 35.7 Å². The Kier molecular flexibility index (Phi) is 5.40. The Bertz CT molecular complexity index is 1090. The van der Waals surface area contributed by atoms with Crippen LogP contribution in [0.1, 0.15) is 48.4 Å². The van der Waals surface area contributed by atoms with Crippen molar-refractivity contribution in [2.75, 3.05) is 29.6 Å². The third kappa shape index (κ3) is 3.80. The van der Waals surface area contributed by atoms with Crippen LogP contribution in [0, 0.1) is 6.92 Å². The molecule has 1 atom stereocenters. The fourth-order valence-corrected chi connectivity index (χ4v) is 4.96. The molecule has 1 saturated heterocycles. The van der Waals surface area contributed by atoms with Crippen LogP contribution < -0.4 is 10.2 Å². The lowest BCUT2D eigenvalue weighted by Gasteiger charge is -2.27. The topological polar surface area (TPSA) is 75.9 Å². The van der Waals surface area contributed by atoms with Crippen molar-refractivity contribution in [3.8, 4) is 5.82 Å². The van der Waals surface area contributed by atoms with Crippen molar-refractivity contribution < 1.29 is 4.79 Å². The van der Waals surface area contributed by atoms with Gasteiger partial charge in [0.2, 0.25) is 5.91 Å². The fourth-order valence-electron chi connectivity index (χ4n) is 4.56. The summed E-state index contributed by atoms with van der Waals surface area (Å²) in [6, 6.07) is 12.4. The minimum atomic E-state index is -0.0195. The zero-order chi connectivity index (χ0) is 21.4. The molecule has 0 bridgehead atoms. The molecule has 0 radical (unpaired) electrons. The highest BCUT2D eigenvalue weighted by molar-refractivity contribution is 7.98. The first-order chi connectivity index (χ1) is 15.1. The number of nitrogens with zero attached hydrogens (tertiary/aromatic N) is 5. The number of carbonyl (C=O) groups excluding carboxylic acids is 1. The lowest BCUT2D eigenvalue weighted by Crippen LogP contribution is -2.30. The van der Waals surface area contributed by atoms with Gasteiger partial charge in [-0.1, -0.05) is 12.1 Å². The monoisotopic (exact) mass is 434 g/mol. The number of thioether (sulfide) groups is 1. The van der Waals surface area contributed by atoms with E-state index in [-0.39, 0.29) is 11.8 Å². The minimum Gasteiger partial charge on any atom is -0.355 e. The summed E-state index contributed by atoms with van der Waals surface area (Å²) in [5, 5.41) is 16.7. The van der Waals surface area contributed by atoms with Crippen molar-refractivity contribution >= 4 is 29.3 Å². The summed E-state index contributed by atoms with van der Waals surface area (Å²) in [6.45, 7) is 4.04. The molecule has 8 heteroatoms. The quantitative estimate of drug-likeness (QED) is 0.622. The largest absolute Gasteiger partial charge is 0.355 e. The van der Waals surface area contributed by atoms with Crippen molar-refractivity contribution in [2.45, 2.75) is 43.4 Å². The number of rotatable bonds is 4. The van der Waals surface area contributed by atoms with Gasteiger partial charge in [-0.05, 0) is 62.3 Å². The Balaban J connectivity index is 1.50. The Morgan fingerprint density at radius 2 is 1.71 bits per heavy atom. The van der Waals surface area contributed by atoms with Crippen LogP contribution in [0.2, 0.25) is 0 Å². The van der Waals surface area contributed by atoms with Crippen LogP contribution in [0.3, 0.4) is 0 Å². The van der Waals surface area contributed by atoms with Crippen LogP contribution in [0.25, 0.3) is 5.82 Å². The average molecular weight is 435 g/mol. The van der Waals surface area contributed by atoms with Gasteiger partial charge in [0.15, 0.2) is 11.6 Å². The van der Waals surface area contributed by atoms with Gasteiger partial charge in [0.25, 0.3) is 0 Å². The maximum Gasteiger partial charge on any atom is 0.226 e. The molecule has 1 aromatic carbocycles. The second kappa shape index (κ2) is 8.34.